The van der Waals surface area contributed by atoms with Crippen molar-refractivity contribution in [2.75, 3.05) is 32.8 Å². The number of rotatable bonds is 8. The number of aliphatic hydroxyl groups excluding tert-OH is 2. The molecule has 1 atom stereocenters. The molecular formula is C15H24ClNO2. The van der Waals surface area contributed by atoms with Gasteiger partial charge < -0.3 is 10.2 Å². The summed E-state index contributed by atoms with van der Waals surface area (Å²) in [7, 11) is 0. The molecule has 0 fully saturated rings. The zero-order valence-corrected chi connectivity index (χ0v) is 12.5. The van der Waals surface area contributed by atoms with Crippen LogP contribution in [-0.4, -0.2) is 48.0 Å². The van der Waals surface area contributed by atoms with Crippen molar-refractivity contribution in [2.45, 2.75) is 25.1 Å². The fourth-order valence-corrected chi connectivity index (χ4v) is 2.34. The standard InChI is InChI=1S/C15H24ClNO2/c1-12(2)13-3-5-14(6-4-13)15(16)11-17(7-9-18)8-10-19/h3-6,12,15,18-19H,7-11H2,1-2H3. The number of benzene rings is 1. The number of hydrogen-bond donors (Lipinski definition) is 2. The van der Waals surface area contributed by atoms with Crippen LogP contribution in [0.3, 0.4) is 0 Å². The lowest BCUT2D eigenvalue weighted by Gasteiger charge is -2.23. The van der Waals surface area contributed by atoms with Crippen molar-refractivity contribution in [3.63, 3.8) is 0 Å². The average molecular weight is 286 g/mol. The van der Waals surface area contributed by atoms with Crippen LogP contribution in [0.4, 0.5) is 0 Å². The van der Waals surface area contributed by atoms with Crippen molar-refractivity contribution in [2.24, 2.45) is 0 Å². The van der Waals surface area contributed by atoms with E-state index in [9.17, 15) is 0 Å². The summed E-state index contributed by atoms with van der Waals surface area (Å²) >= 11 is 6.40. The van der Waals surface area contributed by atoms with E-state index in [1.807, 2.05) is 4.90 Å². The average Bonchev–Trinajstić information content (AvgIpc) is 2.39. The molecule has 1 aromatic rings. The van der Waals surface area contributed by atoms with Crippen LogP contribution in [0.2, 0.25) is 0 Å². The summed E-state index contributed by atoms with van der Waals surface area (Å²) in [6, 6.07) is 8.34. The molecule has 2 N–H and O–H groups in total. The summed E-state index contributed by atoms with van der Waals surface area (Å²) < 4.78 is 0. The Labute approximate surface area is 120 Å². The zero-order chi connectivity index (χ0) is 14.3. The molecule has 0 heterocycles. The third kappa shape index (κ3) is 5.49. The van der Waals surface area contributed by atoms with Crippen molar-refractivity contribution in [3.05, 3.63) is 35.4 Å². The van der Waals surface area contributed by atoms with Gasteiger partial charge in [0.1, 0.15) is 0 Å². The largest absolute Gasteiger partial charge is 0.395 e. The van der Waals surface area contributed by atoms with Gasteiger partial charge in [0.2, 0.25) is 0 Å². The maximum absolute atomic E-state index is 8.98. The van der Waals surface area contributed by atoms with Crippen molar-refractivity contribution in [1.29, 1.82) is 0 Å². The minimum absolute atomic E-state index is 0.0793. The van der Waals surface area contributed by atoms with E-state index in [-0.39, 0.29) is 18.6 Å². The van der Waals surface area contributed by atoms with E-state index in [1.165, 1.54) is 5.56 Å². The first-order valence-corrected chi connectivity index (χ1v) is 7.20. The summed E-state index contributed by atoms with van der Waals surface area (Å²) in [5.41, 5.74) is 2.38. The maximum Gasteiger partial charge on any atom is 0.0712 e. The molecule has 0 aliphatic rings. The SMILES string of the molecule is CC(C)c1ccc(C(Cl)CN(CCO)CCO)cc1. The minimum atomic E-state index is -0.126. The van der Waals surface area contributed by atoms with Gasteiger partial charge in [-0.15, -0.1) is 11.6 Å². The second-order valence-electron chi connectivity index (χ2n) is 5.04. The van der Waals surface area contributed by atoms with E-state index >= 15 is 0 Å². The summed E-state index contributed by atoms with van der Waals surface area (Å²) in [5, 5.41) is 17.8. The zero-order valence-electron chi connectivity index (χ0n) is 11.7. The third-order valence-corrected chi connectivity index (χ3v) is 3.61. The van der Waals surface area contributed by atoms with Gasteiger partial charge in [-0.05, 0) is 17.0 Å². The lowest BCUT2D eigenvalue weighted by atomic mass is 10.0. The molecule has 0 saturated carbocycles. The van der Waals surface area contributed by atoms with Crippen molar-refractivity contribution >= 4 is 11.6 Å². The normalized spacial score (nSPS) is 13.2. The quantitative estimate of drug-likeness (QED) is 0.721. The van der Waals surface area contributed by atoms with Gasteiger partial charge >= 0.3 is 0 Å². The molecule has 1 rings (SSSR count). The van der Waals surface area contributed by atoms with Gasteiger partial charge in [-0.25, -0.2) is 0 Å². The van der Waals surface area contributed by atoms with Crippen LogP contribution in [0.15, 0.2) is 24.3 Å². The van der Waals surface area contributed by atoms with Gasteiger partial charge in [0, 0.05) is 19.6 Å². The Morgan fingerprint density at radius 1 is 1.00 bits per heavy atom. The minimum Gasteiger partial charge on any atom is -0.395 e. The Balaban J connectivity index is 2.62. The highest BCUT2D eigenvalue weighted by molar-refractivity contribution is 6.21. The lowest BCUT2D eigenvalue weighted by Crippen LogP contribution is -2.32. The molecule has 0 spiro atoms. The van der Waals surface area contributed by atoms with Gasteiger partial charge in [0.05, 0.1) is 18.6 Å². The highest BCUT2D eigenvalue weighted by Gasteiger charge is 2.13. The summed E-state index contributed by atoms with van der Waals surface area (Å²) in [4.78, 5) is 1.97. The highest BCUT2D eigenvalue weighted by atomic mass is 35.5. The number of aliphatic hydroxyl groups is 2. The van der Waals surface area contributed by atoms with Crippen molar-refractivity contribution < 1.29 is 10.2 Å². The number of hydrogen-bond acceptors (Lipinski definition) is 3. The fraction of sp³-hybridized carbons (Fsp3) is 0.600. The molecule has 1 aromatic carbocycles. The van der Waals surface area contributed by atoms with Crippen LogP contribution in [-0.2, 0) is 0 Å². The summed E-state index contributed by atoms with van der Waals surface area (Å²) in [6.45, 7) is 6.19. The Hall–Kier alpha value is -0.610. The van der Waals surface area contributed by atoms with Crippen molar-refractivity contribution in [1.82, 2.24) is 4.90 Å². The molecule has 3 nitrogen and oxygen atoms in total. The smallest absolute Gasteiger partial charge is 0.0712 e. The van der Waals surface area contributed by atoms with Crippen molar-refractivity contribution in [3.8, 4) is 0 Å². The topological polar surface area (TPSA) is 43.7 Å². The predicted molar refractivity (Wildman–Crippen MR) is 79.7 cm³/mol. The monoisotopic (exact) mass is 285 g/mol. The van der Waals surface area contributed by atoms with Crippen LogP contribution in [0, 0.1) is 0 Å². The molecule has 0 aliphatic carbocycles. The Morgan fingerprint density at radius 3 is 1.89 bits per heavy atom. The molecule has 4 heteroatoms. The van der Waals surface area contributed by atoms with Gasteiger partial charge in [-0.2, -0.15) is 0 Å². The van der Waals surface area contributed by atoms with Crippen LogP contribution >= 0.6 is 11.6 Å². The number of halogens is 1. The van der Waals surface area contributed by atoms with Crippen LogP contribution in [0.25, 0.3) is 0 Å². The molecule has 0 bridgehead atoms. The van der Waals surface area contributed by atoms with E-state index in [0.717, 1.165) is 5.56 Å². The molecule has 0 saturated heterocycles. The first-order valence-electron chi connectivity index (χ1n) is 6.76. The summed E-state index contributed by atoms with van der Waals surface area (Å²) in [5.74, 6) is 0.517. The first-order chi connectivity index (χ1) is 9.08. The highest BCUT2D eigenvalue weighted by Crippen LogP contribution is 2.24. The lowest BCUT2D eigenvalue weighted by molar-refractivity contribution is 0.161. The Morgan fingerprint density at radius 2 is 1.47 bits per heavy atom. The molecule has 0 amide bonds. The van der Waals surface area contributed by atoms with Crippen LogP contribution in [0.1, 0.15) is 36.3 Å². The molecule has 0 aliphatic heterocycles. The Kier molecular flexibility index (Phi) is 7.39. The fourth-order valence-electron chi connectivity index (χ4n) is 2.00. The van der Waals surface area contributed by atoms with E-state index in [1.54, 1.807) is 0 Å². The van der Waals surface area contributed by atoms with Crippen LogP contribution < -0.4 is 0 Å². The number of nitrogens with zero attached hydrogens (tertiary/aromatic N) is 1. The Bertz CT molecular complexity index is 348. The molecule has 19 heavy (non-hydrogen) atoms. The molecular weight excluding hydrogens is 262 g/mol. The summed E-state index contributed by atoms with van der Waals surface area (Å²) in [6.07, 6.45) is 0. The molecule has 0 aromatic heterocycles. The molecule has 0 radical (unpaired) electrons. The van der Waals surface area contributed by atoms with E-state index in [4.69, 9.17) is 21.8 Å². The van der Waals surface area contributed by atoms with Gasteiger partial charge in [-0.3, -0.25) is 4.90 Å². The van der Waals surface area contributed by atoms with Gasteiger partial charge in [0.15, 0.2) is 0 Å². The van der Waals surface area contributed by atoms with Crippen LogP contribution in [0.5, 0.6) is 0 Å². The second-order valence-corrected chi connectivity index (χ2v) is 5.56. The van der Waals surface area contributed by atoms with Gasteiger partial charge in [0.25, 0.3) is 0 Å². The predicted octanol–water partition coefficient (Wildman–Crippen LogP) is 2.38. The number of alkyl halides is 1. The van der Waals surface area contributed by atoms with E-state index in [2.05, 4.69) is 38.1 Å². The van der Waals surface area contributed by atoms with E-state index in [0.29, 0.717) is 25.6 Å². The third-order valence-electron chi connectivity index (χ3n) is 3.22. The van der Waals surface area contributed by atoms with E-state index < -0.39 is 0 Å². The van der Waals surface area contributed by atoms with Gasteiger partial charge in [-0.1, -0.05) is 38.1 Å². The molecule has 1 unspecified atom stereocenters. The maximum atomic E-state index is 8.98. The molecule has 108 valence electrons. The second kappa shape index (κ2) is 8.54. The first kappa shape index (κ1) is 16.4.